The van der Waals surface area contributed by atoms with Gasteiger partial charge in [0, 0.05) is 6.26 Å². The molecule has 94 valence electrons. The normalized spacial score (nSPS) is 14.5. The van der Waals surface area contributed by atoms with Crippen LogP contribution >= 0.6 is 0 Å². The standard InChI is InChI=1S/C8H17N3O4S/c1-3-4-6(8(9)11-13)10-7(12)5-16(2,14)15/h6,13H,3-5H2,1-2H3,(H2,9,11)(H,10,12). The van der Waals surface area contributed by atoms with E-state index >= 15 is 0 Å². The summed E-state index contributed by atoms with van der Waals surface area (Å²) in [4.78, 5) is 11.3. The smallest absolute Gasteiger partial charge is 0.235 e. The van der Waals surface area contributed by atoms with Gasteiger partial charge in [0.2, 0.25) is 5.91 Å². The summed E-state index contributed by atoms with van der Waals surface area (Å²) in [7, 11) is -3.37. The first-order chi connectivity index (χ1) is 7.30. The Morgan fingerprint density at radius 2 is 2.12 bits per heavy atom. The molecule has 8 heteroatoms. The maximum absolute atomic E-state index is 11.3. The van der Waals surface area contributed by atoms with Crippen LogP contribution in [0.5, 0.6) is 0 Å². The molecule has 1 amide bonds. The molecule has 0 aromatic rings. The number of sulfone groups is 1. The highest BCUT2D eigenvalue weighted by Gasteiger charge is 2.18. The van der Waals surface area contributed by atoms with Crippen molar-refractivity contribution in [2.45, 2.75) is 25.8 Å². The number of nitrogens with one attached hydrogen (secondary N) is 1. The number of carbonyl (C=O) groups is 1. The van der Waals surface area contributed by atoms with Crippen LogP contribution in [0.25, 0.3) is 0 Å². The summed E-state index contributed by atoms with van der Waals surface area (Å²) in [5.74, 6) is -1.40. The van der Waals surface area contributed by atoms with Crippen molar-refractivity contribution in [3.05, 3.63) is 0 Å². The quantitative estimate of drug-likeness (QED) is 0.243. The topological polar surface area (TPSA) is 122 Å². The predicted molar refractivity (Wildman–Crippen MR) is 60.0 cm³/mol. The van der Waals surface area contributed by atoms with Crippen molar-refractivity contribution in [3.63, 3.8) is 0 Å². The summed E-state index contributed by atoms with van der Waals surface area (Å²) in [6.45, 7) is 1.86. The van der Waals surface area contributed by atoms with Crippen molar-refractivity contribution in [2.75, 3.05) is 12.0 Å². The Labute approximate surface area is 94.6 Å². The lowest BCUT2D eigenvalue weighted by Crippen LogP contribution is -2.46. The highest BCUT2D eigenvalue weighted by Crippen LogP contribution is 1.97. The van der Waals surface area contributed by atoms with Gasteiger partial charge in [0.15, 0.2) is 15.7 Å². The van der Waals surface area contributed by atoms with E-state index in [1.54, 1.807) is 0 Å². The molecule has 0 saturated heterocycles. The van der Waals surface area contributed by atoms with E-state index in [0.29, 0.717) is 12.8 Å². The lowest BCUT2D eigenvalue weighted by molar-refractivity contribution is -0.118. The number of nitrogens with zero attached hydrogens (tertiary/aromatic N) is 1. The number of oxime groups is 1. The Hall–Kier alpha value is -1.31. The van der Waals surface area contributed by atoms with Crippen LogP contribution in [0.4, 0.5) is 0 Å². The highest BCUT2D eigenvalue weighted by molar-refractivity contribution is 7.91. The largest absolute Gasteiger partial charge is 0.409 e. The minimum atomic E-state index is -3.37. The SMILES string of the molecule is CCCC(NC(=O)CS(C)(=O)=O)C(N)=NO. The van der Waals surface area contributed by atoms with Gasteiger partial charge in [0.1, 0.15) is 5.75 Å². The zero-order valence-corrected chi connectivity index (χ0v) is 10.1. The summed E-state index contributed by atoms with van der Waals surface area (Å²) in [6.07, 6.45) is 2.15. The molecule has 7 nitrogen and oxygen atoms in total. The van der Waals surface area contributed by atoms with E-state index in [9.17, 15) is 13.2 Å². The van der Waals surface area contributed by atoms with Gasteiger partial charge in [0.25, 0.3) is 0 Å². The van der Waals surface area contributed by atoms with E-state index in [0.717, 1.165) is 6.26 Å². The van der Waals surface area contributed by atoms with Crippen molar-refractivity contribution in [1.29, 1.82) is 0 Å². The van der Waals surface area contributed by atoms with Crippen molar-refractivity contribution in [2.24, 2.45) is 10.9 Å². The molecule has 0 aromatic heterocycles. The van der Waals surface area contributed by atoms with Crippen LogP contribution in [0, 0.1) is 0 Å². The van der Waals surface area contributed by atoms with Crippen LogP contribution in [0.15, 0.2) is 5.16 Å². The van der Waals surface area contributed by atoms with E-state index in [4.69, 9.17) is 10.9 Å². The van der Waals surface area contributed by atoms with Gasteiger partial charge in [-0.25, -0.2) is 8.42 Å². The van der Waals surface area contributed by atoms with Gasteiger partial charge in [-0.1, -0.05) is 18.5 Å². The van der Waals surface area contributed by atoms with Gasteiger partial charge < -0.3 is 16.3 Å². The zero-order chi connectivity index (χ0) is 12.8. The van der Waals surface area contributed by atoms with Gasteiger partial charge in [-0.05, 0) is 6.42 Å². The number of amides is 1. The average molecular weight is 251 g/mol. The number of carbonyl (C=O) groups excluding carboxylic acids is 1. The molecule has 1 unspecified atom stereocenters. The molecule has 0 heterocycles. The first kappa shape index (κ1) is 14.7. The number of rotatable bonds is 6. The number of hydrogen-bond acceptors (Lipinski definition) is 5. The Kier molecular flexibility index (Phi) is 5.79. The minimum Gasteiger partial charge on any atom is -0.409 e. The lowest BCUT2D eigenvalue weighted by Gasteiger charge is -2.15. The van der Waals surface area contributed by atoms with Gasteiger partial charge >= 0.3 is 0 Å². The maximum Gasteiger partial charge on any atom is 0.235 e. The third-order valence-electron chi connectivity index (χ3n) is 1.78. The second kappa shape index (κ2) is 6.31. The van der Waals surface area contributed by atoms with Gasteiger partial charge in [0.05, 0.1) is 6.04 Å². The predicted octanol–water partition coefficient (Wildman–Crippen LogP) is -0.938. The molecule has 0 spiro atoms. The molecular weight excluding hydrogens is 234 g/mol. The van der Waals surface area contributed by atoms with Gasteiger partial charge in [-0.3, -0.25) is 4.79 Å². The van der Waals surface area contributed by atoms with Crippen LogP contribution in [-0.2, 0) is 14.6 Å². The molecule has 0 aliphatic heterocycles. The Morgan fingerprint density at radius 1 is 1.56 bits per heavy atom. The van der Waals surface area contributed by atoms with E-state index in [2.05, 4.69) is 10.5 Å². The van der Waals surface area contributed by atoms with Gasteiger partial charge in [-0.2, -0.15) is 0 Å². The minimum absolute atomic E-state index is 0.135. The summed E-state index contributed by atoms with van der Waals surface area (Å²) >= 11 is 0. The molecule has 16 heavy (non-hydrogen) atoms. The number of nitrogens with two attached hydrogens (primary N) is 1. The summed E-state index contributed by atoms with van der Waals surface area (Å²) in [5.41, 5.74) is 5.35. The Bertz CT molecular complexity index is 363. The Balaban J connectivity index is 4.47. The third kappa shape index (κ3) is 6.23. The molecule has 0 saturated carbocycles. The molecule has 0 aliphatic carbocycles. The number of amidine groups is 1. The summed E-state index contributed by atoms with van der Waals surface area (Å²) in [6, 6.07) is -0.635. The summed E-state index contributed by atoms with van der Waals surface area (Å²) < 4.78 is 21.7. The molecule has 4 N–H and O–H groups in total. The van der Waals surface area contributed by atoms with E-state index in [-0.39, 0.29) is 5.84 Å². The van der Waals surface area contributed by atoms with Crippen molar-refractivity contribution < 1.29 is 18.4 Å². The Morgan fingerprint density at radius 3 is 2.50 bits per heavy atom. The second-order valence-electron chi connectivity index (χ2n) is 3.50. The molecule has 0 radical (unpaired) electrons. The first-order valence-electron chi connectivity index (χ1n) is 4.74. The van der Waals surface area contributed by atoms with E-state index < -0.39 is 27.5 Å². The molecule has 0 rings (SSSR count). The van der Waals surface area contributed by atoms with Crippen molar-refractivity contribution >= 4 is 21.6 Å². The van der Waals surface area contributed by atoms with Gasteiger partial charge in [-0.15, -0.1) is 0 Å². The molecule has 0 bridgehead atoms. The second-order valence-corrected chi connectivity index (χ2v) is 5.64. The van der Waals surface area contributed by atoms with Crippen LogP contribution in [0.3, 0.4) is 0 Å². The van der Waals surface area contributed by atoms with Crippen LogP contribution in [0.2, 0.25) is 0 Å². The van der Waals surface area contributed by atoms with Crippen LogP contribution < -0.4 is 11.1 Å². The van der Waals surface area contributed by atoms with E-state index in [1.165, 1.54) is 0 Å². The number of hydrogen-bond donors (Lipinski definition) is 3. The average Bonchev–Trinajstić information content (AvgIpc) is 2.13. The molecular formula is C8H17N3O4S. The van der Waals surface area contributed by atoms with Crippen LogP contribution in [0.1, 0.15) is 19.8 Å². The van der Waals surface area contributed by atoms with Crippen molar-refractivity contribution in [1.82, 2.24) is 5.32 Å². The first-order valence-corrected chi connectivity index (χ1v) is 6.80. The maximum atomic E-state index is 11.3. The monoisotopic (exact) mass is 251 g/mol. The molecule has 0 fully saturated rings. The molecule has 0 aliphatic rings. The third-order valence-corrected chi connectivity index (χ3v) is 2.56. The lowest BCUT2D eigenvalue weighted by atomic mass is 10.1. The summed E-state index contributed by atoms with van der Waals surface area (Å²) in [5, 5.41) is 13.6. The fourth-order valence-corrected chi connectivity index (χ4v) is 1.69. The molecule has 1 atom stereocenters. The van der Waals surface area contributed by atoms with Crippen molar-refractivity contribution in [3.8, 4) is 0 Å². The van der Waals surface area contributed by atoms with Crippen LogP contribution in [-0.4, -0.2) is 43.4 Å². The highest BCUT2D eigenvalue weighted by atomic mass is 32.2. The zero-order valence-electron chi connectivity index (χ0n) is 9.30. The van der Waals surface area contributed by atoms with E-state index in [1.807, 2.05) is 6.92 Å². The fraction of sp³-hybridized carbons (Fsp3) is 0.750. The fourth-order valence-electron chi connectivity index (χ4n) is 1.13. The molecule has 0 aromatic carbocycles.